The highest BCUT2D eigenvalue weighted by Crippen LogP contribution is 2.35. The van der Waals surface area contributed by atoms with E-state index in [1.165, 1.54) is 0 Å². The second-order valence-corrected chi connectivity index (χ2v) is 6.38. The van der Waals surface area contributed by atoms with Crippen molar-refractivity contribution in [1.29, 1.82) is 5.26 Å². The van der Waals surface area contributed by atoms with Gasteiger partial charge in [-0.05, 0) is 65.6 Å². The van der Waals surface area contributed by atoms with Crippen molar-refractivity contribution < 1.29 is 9.90 Å². The molecule has 1 aliphatic heterocycles. The third-order valence-corrected chi connectivity index (χ3v) is 4.52. The Labute approximate surface area is 116 Å². The molecule has 19 heavy (non-hydrogen) atoms. The van der Waals surface area contributed by atoms with E-state index in [0.717, 1.165) is 51.7 Å². The first kappa shape index (κ1) is 16.0. The highest BCUT2D eigenvalue weighted by Gasteiger charge is 2.39. The van der Waals surface area contributed by atoms with Crippen LogP contribution in [0.25, 0.3) is 0 Å². The molecule has 0 spiro atoms. The molecule has 4 heteroatoms. The van der Waals surface area contributed by atoms with Gasteiger partial charge in [0, 0.05) is 0 Å². The Kier molecular flexibility index (Phi) is 5.37. The predicted molar refractivity (Wildman–Crippen MR) is 74.7 cm³/mol. The number of nitriles is 1. The number of rotatable bonds is 6. The topological polar surface area (TPSA) is 64.3 Å². The first-order chi connectivity index (χ1) is 8.85. The summed E-state index contributed by atoms with van der Waals surface area (Å²) in [5, 5.41) is 18.3. The first-order valence-electron chi connectivity index (χ1n) is 7.22. The zero-order chi connectivity index (χ0) is 14.5. The molecule has 1 fully saturated rings. The highest BCUT2D eigenvalue weighted by molar-refractivity contribution is 5.74. The maximum Gasteiger partial charge on any atom is 0.309 e. The summed E-state index contributed by atoms with van der Waals surface area (Å²) >= 11 is 0. The molecule has 0 radical (unpaired) electrons. The van der Waals surface area contributed by atoms with Crippen LogP contribution < -0.4 is 0 Å². The summed E-state index contributed by atoms with van der Waals surface area (Å²) in [6.45, 7) is 8.62. The summed E-state index contributed by atoms with van der Waals surface area (Å²) in [4.78, 5) is 13.7. The van der Waals surface area contributed by atoms with Gasteiger partial charge in [-0.2, -0.15) is 5.26 Å². The van der Waals surface area contributed by atoms with Crippen LogP contribution in [0, 0.1) is 22.2 Å². The smallest absolute Gasteiger partial charge is 0.309 e. The fraction of sp³-hybridized carbons (Fsp3) is 0.867. The second-order valence-electron chi connectivity index (χ2n) is 6.38. The standard InChI is InChI=1S/C15H26N2O2/c1-4-15(13(18)19)7-10-17(11-8-15)9-5-6-14(2,3)12-16/h4-11H2,1-3H3,(H,18,19). The van der Waals surface area contributed by atoms with Crippen molar-refractivity contribution >= 4 is 5.97 Å². The van der Waals surface area contributed by atoms with Gasteiger partial charge in [0.15, 0.2) is 0 Å². The van der Waals surface area contributed by atoms with Gasteiger partial charge in [-0.15, -0.1) is 0 Å². The van der Waals surface area contributed by atoms with E-state index in [1.54, 1.807) is 0 Å². The fourth-order valence-corrected chi connectivity index (χ4v) is 2.72. The van der Waals surface area contributed by atoms with Crippen LogP contribution in [0.2, 0.25) is 0 Å². The highest BCUT2D eigenvalue weighted by atomic mass is 16.4. The fourth-order valence-electron chi connectivity index (χ4n) is 2.72. The summed E-state index contributed by atoms with van der Waals surface area (Å²) in [7, 11) is 0. The zero-order valence-electron chi connectivity index (χ0n) is 12.4. The van der Waals surface area contributed by atoms with E-state index in [0.29, 0.717) is 0 Å². The third kappa shape index (κ3) is 4.21. The molecule has 0 saturated carbocycles. The zero-order valence-corrected chi connectivity index (χ0v) is 12.4. The van der Waals surface area contributed by atoms with Gasteiger partial charge in [0.2, 0.25) is 0 Å². The van der Waals surface area contributed by atoms with Crippen molar-refractivity contribution in [3.8, 4) is 6.07 Å². The summed E-state index contributed by atoms with van der Waals surface area (Å²) in [6, 6.07) is 2.32. The van der Waals surface area contributed by atoms with Crippen molar-refractivity contribution in [1.82, 2.24) is 4.90 Å². The first-order valence-corrected chi connectivity index (χ1v) is 7.22. The normalized spacial score (nSPS) is 19.9. The number of nitrogens with zero attached hydrogens (tertiary/aromatic N) is 2. The van der Waals surface area contributed by atoms with E-state index in [9.17, 15) is 9.90 Å². The Morgan fingerprint density at radius 2 is 2.00 bits per heavy atom. The van der Waals surface area contributed by atoms with Gasteiger partial charge in [-0.1, -0.05) is 6.92 Å². The lowest BCUT2D eigenvalue weighted by Crippen LogP contribution is -2.44. The quantitative estimate of drug-likeness (QED) is 0.803. The number of aliphatic carboxylic acids is 1. The molecule has 0 aliphatic carbocycles. The molecule has 4 nitrogen and oxygen atoms in total. The van der Waals surface area contributed by atoms with Crippen molar-refractivity contribution in [2.75, 3.05) is 19.6 Å². The number of hydrogen-bond acceptors (Lipinski definition) is 3. The van der Waals surface area contributed by atoms with Crippen LogP contribution in [0.4, 0.5) is 0 Å². The van der Waals surface area contributed by atoms with Gasteiger partial charge < -0.3 is 10.0 Å². The van der Waals surface area contributed by atoms with Gasteiger partial charge >= 0.3 is 5.97 Å². The summed E-state index contributed by atoms with van der Waals surface area (Å²) in [5.74, 6) is -0.639. The summed E-state index contributed by atoms with van der Waals surface area (Å²) in [6.07, 6.45) is 4.13. The molecule has 0 unspecified atom stereocenters. The number of likely N-dealkylation sites (tertiary alicyclic amines) is 1. The molecule has 1 aliphatic rings. The number of carbonyl (C=O) groups is 1. The number of piperidine rings is 1. The monoisotopic (exact) mass is 266 g/mol. The van der Waals surface area contributed by atoms with Crippen molar-refractivity contribution in [3.05, 3.63) is 0 Å². The Bertz CT molecular complexity index is 350. The van der Waals surface area contributed by atoms with Crippen LogP contribution in [-0.2, 0) is 4.79 Å². The lowest BCUT2D eigenvalue weighted by molar-refractivity contribution is -0.152. The molecule has 1 rings (SSSR count). The molecule has 108 valence electrons. The lowest BCUT2D eigenvalue weighted by Gasteiger charge is -2.38. The van der Waals surface area contributed by atoms with Crippen LogP contribution in [-0.4, -0.2) is 35.6 Å². The SMILES string of the molecule is CCC1(C(=O)O)CCN(CCCC(C)(C)C#N)CC1. The second kappa shape index (κ2) is 6.38. The molecule has 1 heterocycles. The van der Waals surface area contributed by atoms with E-state index >= 15 is 0 Å². The van der Waals surface area contributed by atoms with Crippen LogP contribution in [0.15, 0.2) is 0 Å². The Morgan fingerprint density at radius 1 is 1.42 bits per heavy atom. The molecule has 0 aromatic rings. The molecular weight excluding hydrogens is 240 g/mol. The van der Waals surface area contributed by atoms with E-state index < -0.39 is 11.4 Å². The van der Waals surface area contributed by atoms with Crippen molar-refractivity contribution in [3.63, 3.8) is 0 Å². The molecule has 0 amide bonds. The van der Waals surface area contributed by atoms with Crippen molar-refractivity contribution in [2.24, 2.45) is 10.8 Å². The molecule has 0 aromatic heterocycles. The minimum atomic E-state index is -0.639. The van der Waals surface area contributed by atoms with Crippen LogP contribution in [0.1, 0.15) is 52.9 Å². The van der Waals surface area contributed by atoms with Gasteiger partial charge in [0.25, 0.3) is 0 Å². The predicted octanol–water partition coefficient (Wildman–Crippen LogP) is 2.89. The van der Waals surface area contributed by atoms with E-state index in [-0.39, 0.29) is 5.41 Å². The average molecular weight is 266 g/mol. The minimum absolute atomic E-state index is 0.246. The largest absolute Gasteiger partial charge is 0.481 e. The van der Waals surface area contributed by atoms with Gasteiger partial charge in [0.05, 0.1) is 16.9 Å². The summed E-state index contributed by atoms with van der Waals surface area (Å²) in [5.41, 5.74) is -0.744. The Hall–Kier alpha value is -1.08. The molecule has 1 N–H and O–H groups in total. The maximum atomic E-state index is 11.3. The molecular formula is C15H26N2O2. The minimum Gasteiger partial charge on any atom is -0.481 e. The molecule has 0 atom stereocenters. The molecule has 0 aromatic carbocycles. The number of hydrogen-bond donors (Lipinski definition) is 1. The van der Waals surface area contributed by atoms with Crippen LogP contribution in [0.5, 0.6) is 0 Å². The Morgan fingerprint density at radius 3 is 2.42 bits per heavy atom. The van der Waals surface area contributed by atoms with Gasteiger partial charge in [0.1, 0.15) is 0 Å². The van der Waals surface area contributed by atoms with Gasteiger partial charge in [-0.3, -0.25) is 4.79 Å². The lowest BCUT2D eigenvalue weighted by atomic mass is 9.76. The van der Waals surface area contributed by atoms with E-state index in [2.05, 4.69) is 11.0 Å². The molecule has 0 bridgehead atoms. The Balaban J connectivity index is 2.35. The third-order valence-electron chi connectivity index (χ3n) is 4.52. The van der Waals surface area contributed by atoms with E-state index in [4.69, 9.17) is 5.26 Å². The molecule has 1 saturated heterocycles. The van der Waals surface area contributed by atoms with Crippen LogP contribution >= 0.6 is 0 Å². The van der Waals surface area contributed by atoms with Crippen LogP contribution in [0.3, 0.4) is 0 Å². The number of carboxylic acid groups (broad SMARTS) is 1. The average Bonchev–Trinajstić information content (AvgIpc) is 2.39. The number of carboxylic acids is 1. The summed E-state index contributed by atoms with van der Waals surface area (Å²) < 4.78 is 0. The van der Waals surface area contributed by atoms with Gasteiger partial charge in [-0.25, -0.2) is 0 Å². The van der Waals surface area contributed by atoms with Crippen molar-refractivity contribution in [2.45, 2.75) is 52.9 Å². The maximum absolute atomic E-state index is 11.3. The van der Waals surface area contributed by atoms with E-state index in [1.807, 2.05) is 20.8 Å².